The van der Waals surface area contributed by atoms with E-state index in [0.717, 1.165) is 155 Å². The Hall–Kier alpha value is -13.2. The summed E-state index contributed by atoms with van der Waals surface area (Å²) in [6.07, 6.45) is 0. The summed E-state index contributed by atoms with van der Waals surface area (Å²) in [6, 6.07) is 120. The SMILES string of the molecule is c1ccc(-c2nc(-c3ccccc3)nc(-c3cc(-n4c5ccccc5c5c6c(c7ccccc7n6-c6ccccc6)c6c(c7ccccc7n6-c6ccccc6)c54)c(-c4cccc(-c5nc6ccccc6n5-c5ccccc5)c4)cc3-n3c4ccccc4c4ccccc43)n2)cc1. The lowest BCUT2D eigenvalue weighted by Gasteiger charge is -2.22. The van der Waals surface area contributed by atoms with Crippen molar-refractivity contribution < 1.29 is 0 Å². The fourth-order valence-electron chi connectivity index (χ4n) is 15.4. The fraction of sp³-hybridized carbons (Fsp3) is 0. The molecule has 0 fully saturated rings. The quantitative estimate of drug-likeness (QED) is 0.137. The molecule has 0 unspecified atom stereocenters. The van der Waals surface area contributed by atoms with Crippen LogP contribution in [0.2, 0.25) is 0 Å². The number of aromatic nitrogens is 9. The van der Waals surface area contributed by atoms with Gasteiger partial charge >= 0.3 is 0 Å². The molecule has 6 aromatic heterocycles. The number of imidazole rings is 1. The van der Waals surface area contributed by atoms with Gasteiger partial charge in [0.15, 0.2) is 17.5 Å². The van der Waals surface area contributed by atoms with Crippen molar-refractivity contribution >= 4 is 98.3 Å². The van der Waals surface area contributed by atoms with E-state index in [1.165, 1.54) is 10.8 Å². The minimum Gasteiger partial charge on any atom is -0.308 e. The standard InChI is InChI=1S/C88H55N9/c1-6-29-56(30-7-1)85-90-86(57-31-8-2-9-32-57)92-87(91-85)69-55-77(68(54-78(69)96-71-47-22-16-41-63(71)64-42-17-23-48-72(64)96)58-33-28-34-59(53-58)88-89-70-46-21-27-52-76(70)95(88)62-39-14-5-15-40-62)97-75-51-26-20-45-67(75)81-83-79(65-43-18-24-49-73(65)93(83)60-35-10-3-11-36-60)82-80(84(81)97)66-44-19-25-50-74(66)94(82)61-37-12-4-13-38-61/h1-55H. The molecule has 0 aliphatic heterocycles. The second-order valence-corrected chi connectivity index (χ2v) is 24.9. The topological polar surface area (TPSA) is 76.2 Å². The van der Waals surface area contributed by atoms with E-state index in [-0.39, 0.29) is 0 Å². The molecule has 9 heteroatoms. The minimum atomic E-state index is 0.529. The maximum atomic E-state index is 5.67. The van der Waals surface area contributed by atoms with Gasteiger partial charge in [0.1, 0.15) is 5.82 Å². The average Bonchev–Trinajstić information content (AvgIpc) is 1.50. The van der Waals surface area contributed by atoms with E-state index in [0.29, 0.717) is 17.5 Å². The summed E-state index contributed by atoms with van der Waals surface area (Å²) >= 11 is 0. The summed E-state index contributed by atoms with van der Waals surface area (Å²) in [6.45, 7) is 0. The van der Waals surface area contributed by atoms with Crippen molar-refractivity contribution in [3.05, 3.63) is 334 Å². The zero-order chi connectivity index (χ0) is 63.7. The predicted molar refractivity (Wildman–Crippen MR) is 399 cm³/mol. The first-order chi connectivity index (χ1) is 48.2. The first-order valence-electron chi connectivity index (χ1n) is 32.9. The maximum Gasteiger partial charge on any atom is 0.166 e. The van der Waals surface area contributed by atoms with Crippen molar-refractivity contribution in [3.63, 3.8) is 0 Å². The van der Waals surface area contributed by atoms with Crippen LogP contribution in [0.4, 0.5) is 0 Å². The summed E-state index contributed by atoms with van der Waals surface area (Å²) in [5.74, 6) is 2.51. The lowest BCUT2D eigenvalue weighted by molar-refractivity contribution is 1.06. The molecule has 0 saturated heterocycles. The number of para-hydroxylation sites is 10. The Labute approximate surface area is 556 Å². The summed E-state index contributed by atoms with van der Waals surface area (Å²) in [5.41, 5.74) is 21.2. The van der Waals surface area contributed by atoms with Crippen molar-refractivity contribution in [1.29, 1.82) is 0 Å². The van der Waals surface area contributed by atoms with E-state index in [1.54, 1.807) is 0 Å². The smallest absolute Gasteiger partial charge is 0.166 e. The van der Waals surface area contributed by atoms with E-state index in [4.69, 9.17) is 19.9 Å². The highest BCUT2D eigenvalue weighted by molar-refractivity contribution is 6.40. The summed E-state index contributed by atoms with van der Waals surface area (Å²) < 4.78 is 12.3. The lowest BCUT2D eigenvalue weighted by atomic mass is 9.96. The average molecular weight is 1240 g/mol. The van der Waals surface area contributed by atoms with Crippen LogP contribution in [-0.2, 0) is 0 Å². The number of hydrogen-bond acceptors (Lipinski definition) is 4. The fourth-order valence-corrected chi connectivity index (χ4v) is 15.4. The third kappa shape index (κ3) is 8.32. The van der Waals surface area contributed by atoms with E-state index in [1.807, 2.05) is 36.4 Å². The molecule has 0 spiro atoms. The van der Waals surface area contributed by atoms with Gasteiger partial charge in [-0.2, -0.15) is 0 Å². The van der Waals surface area contributed by atoms with Gasteiger partial charge in [-0.05, 0) is 103 Å². The molecular formula is C88H55N9. The van der Waals surface area contributed by atoms with Crippen LogP contribution in [0, 0.1) is 0 Å². The van der Waals surface area contributed by atoms with Crippen molar-refractivity contribution in [3.8, 4) is 85.1 Å². The van der Waals surface area contributed by atoms with Gasteiger partial charge in [0.2, 0.25) is 0 Å². The molecule has 14 aromatic carbocycles. The molecule has 0 aliphatic carbocycles. The highest BCUT2D eigenvalue weighted by Gasteiger charge is 2.32. The van der Waals surface area contributed by atoms with E-state index in [2.05, 4.69) is 320 Å². The summed E-state index contributed by atoms with van der Waals surface area (Å²) in [7, 11) is 0. The van der Waals surface area contributed by atoms with E-state index in [9.17, 15) is 0 Å². The molecule has 0 atom stereocenters. The molecule has 20 aromatic rings. The maximum absolute atomic E-state index is 5.67. The third-order valence-corrected chi connectivity index (χ3v) is 19.5. The Bertz CT molecular complexity index is 6360. The van der Waals surface area contributed by atoms with Crippen molar-refractivity contribution in [1.82, 2.24) is 42.8 Å². The van der Waals surface area contributed by atoms with Gasteiger partial charge < -0.3 is 18.3 Å². The third-order valence-electron chi connectivity index (χ3n) is 19.5. The molecule has 0 aliphatic rings. The Morgan fingerprint density at radius 3 is 1.04 bits per heavy atom. The molecule has 0 amide bonds. The molecule has 97 heavy (non-hydrogen) atoms. The van der Waals surface area contributed by atoms with Crippen molar-refractivity contribution in [2.75, 3.05) is 0 Å². The van der Waals surface area contributed by atoms with Gasteiger partial charge in [-0.25, -0.2) is 19.9 Å². The monoisotopic (exact) mass is 1240 g/mol. The Morgan fingerprint density at radius 2 is 0.546 bits per heavy atom. The van der Waals surface area contributed by atoms with Crippen LogP contribution >= 0.6 is 0 Å². The highest BCUT2D eigenvalue weighted by atomic mass is 15.1. The van der Waals surface area contributed by atoms with Crippen LogP contribution in [-0.4, -0.2) is 42.8 Å². The van der Waals surface area contributed by atoms with Gasteiger partial charge in [0.25, 0.3) is 0 Å². The number of fused-ring (bicyclic) bond motifs is 16. The number of benzene rings is 14. The van der Waals surface area contributed by atoms with E-state index >= 15 is 0 Å². The Morgan fingerprint density at radius 1 is 0.206 bits per heavy atom. The predicted octanol–water partition coefficient (Wildman–Crippen LogP) is 21.9. The molecule has 0 radical (unpaired) electrons. The Kier molecular flexibility index (Phi) is 12.1. The molecule has 20 rings (SSSR count). The zero-order valence-electron chi connectivity index (χ0n) is 52.3. The first-order valence-corrected chi connectivity index (χ1v) is 32.9. The second-order valence-electron chi connectivity index (χ2n) is 24.9. The zero-order valence-corrected chi connectivity index (χ0v) is 52.3. The molecule has 452 valence electrons. The van der Waals surface area contributed by atoms with E-state index < -0.39 is 0 Å². The van der Waals surface area contributed by atoms with Crippen molar-refractivity contribution in [2.24, 2.45) is 0 Å². The minimum absolute atomic E-state index is 0.529. The second kappa shape index (κ2) is 21.7. The van der Waals surface area contributed by atoms with Gasteiger partial charge in [-0.15, -0.1) is 0 Å². The molecule has 0 saturated carbocycles. The lowest BCUT2D eigenvalue weighted by Crippen LogP contribution is -2.07. The van der Waals surface area contributed by atoms with Crippen LogP contribution in [0.15, 0.2) is 334 Å². The Balaban J connectivity index is 1.02. The molecule has 9 nitrogen and oxygen atoms in total. The number of rotatable bonds is 10. The molecular weight excluding hydrogens is 1180 g/mol. The summed E-state index contributed by atoms with van der Waals surface area (Å²) in [5, 5.41) is 9.14. The largest absolute Gasteiger partial charge is 0.308 e. The van der Waals surface area contributed by atoms with Crippen LogP contribution in [0.3, 0.4) is 0 Å². The molecule has 6 heterocycles. The van der Waals surface area contributed by atoms with Gasteiger partial charge in [-0.3, -0.25) is 4.57 Å². The normalized spacial score (nSPS) is 11.9. The van der Waals surface area contributed by atoms with Gasteiger partial charge in [-0.1, -0.05) is 237 Å². The number of nitrogens with zero attached hydrogens (tertiary/aromatic N) is 9. The number of hydrogen-bond donors (Lipinski definition) is 0. The summed E-state index contributed by atoms with van der Waals surface area (Å²) in [4.78, 5) is 22.1. The first kappa shape index (κ1) is 54.3. The van der Waals surface area contributed by atoms with Crippen LogP contribution in [0.5, 0.6) is 0 Å². The molecule has 0 N–H and O–H groups in total. The van der Waals surface area contributed by atoms with Gasteiger partial charge in [0.05, 0.1) is 66.5 Å². The van der Waals surface area contributed by atoms with Crippen LogP contribution in [0.25, 0.3) is 183 Å². The highest BCUT2D eigenvalue weighted by Crippen LogP contribution is 2.52. The van der Waals surface area contributed by atoms with Crippen LogP contribution < -0.4 is 0 Å². The van der Waals surface area contributed by atoms with Crippen molar-refractivity contribution in [2.45, 2.75) is 0 Å². The molecule has 0 bridgehead atoms. The van der Waals surface area contributed by atoms with Crippen LogP contribution in [0.1, 0.15) is 0 Å². The van der Waals surface area contributed by atoms with Gasteiger partial charge in [0, 0.05) is 88.0 Å².